The molecule has 1 heterocycles. The van der Waals surface area contributed by atoms with Crippen molar-refractivity contribution < 1.29 is 4.79 Å². The van der Waals surface area contributed by atoms with Gasteiger partial charge in [-0.25, -0.2) is 0 Å². The van der Waals surface area contributed by atoms with Gasteiger partial charge in [0.1, 0.15) is 0 Å². The van der Waals surface area contributed by atoms with Crippen LogP contribution in [0.2, 0.25) is 0 Å². The molecule has 0 saturated heterocycles. The van der Waals surface area contributed by atoms with E-state index < -0.39 is 0 Å². The van der Waals surface area contributed by atoms with E-state index >= 15 is 0 Å². The standard InChI is InChI=1S/C16H16N2OS/c1-12-7-9-20-15(12)16(19)18-11-14-5-2-4-13(10-14)6-3-8-17/h2,4-5,7,9-10H,8,11,17H2,1H3,(H,18,19). The summed E-state index contributed by atoms with van der Waals surface area (Å²) in [6.07, 6.45) is 0. The molecule has 0 radical (unpaired) electrons. The predicted molar refractivity (Wildman–Crippen MR) is 82.6 cm³/mol. The molecule has 0 saturated carbocycles. The minimum Gasteiger partial charge on any atom is -0.347 e. The number of hydrogen-bond acceptors (Lipinski definition) is 3. The van der Waals surface area contributed by atoms with E-state index in [4.69, 9.17) is 5.73 Å². The number of rotatable bonds is 3. The third-order valence-corrected chi connectivity index (χ3v) is 3.80. The lowest BCUT2D eigenvalue weighted by molar-refractivity contribution is 0.0954. The summed E-state index contributed by atoms with van der Waals surface area (Å²) < 4.78 is 0. The van der Waals surface area contributed by atoms with Gasteiger partial charge in [0.15, 0.2) is 0 Å². The van der Waals surface area contributed by atoms with Crippen LogP contribution in [0.5, 0.6) is 0 Å². The summed E-state index contributed by atoms with van der Waals surface area (Å²) in [6.45, 7) is 2.78. The fourth-order valence-corrected chi connectivity index (χ4v) is 2.62. The Labute approximate surface area is 122 Å². The summed E-state index contributed by atoms with van der Waals surface area (Å²) in [5, 5.41) is 4.85. The van der Waals surface area contributed by atoms with Gasteiger partial charge in [0.2, 0.25) is 0 Å². The van der Waals surface area contributed by atoms with Crippen molar-refractivity contribution in [3.8, 4) is 11.8 Å². The van der Waals surface area contributed by atoms with Crippen LogP contribution in [0.1, 0.15) is 26.4 Å². The zero-order valence-electron chi connectivity index (χ0n) is 11.3. The van der Waals surface area contributed by atoms with E-state index in [0.717, 1.165) is 21.6 Å². The van der Waals surface area contributed by atoms with E-state index in [2.05, 4.69) is 17.2 Å². The van der Waals surface area contributed by atoms with Crippen LogP contribution >= 0.6 is 11.3 Å². The lowest BCUT2D eigenvalue weighted by Gasteiger charge is -2.05. The van der Waals surface area contributed by atoms with Crippen LogP contribution < -0.4 is 11.1 Å². The van der Waals surface area contributed by atoms with E-state index in [9.17, 15) is 4.79 Å². The Morgan fingerprint density at radius 1 is 1.40 bits per heavy atom. The van der Waals surface area contributed by atoms with Crippen molar-refractivity contribution in [3.63, 3.8) is 0 Å². The van der Waals surface area contributed by atoms with Gasteiger partial charge in [-0.2, -0.15) is 0 Å². The van der Waals surface area contributed by atoms with Crippen molar-refractivity contribution in [1.29, 1.82) is 0 Å². The molecule has 0 atom stereocenters. The highest BCUT2D eigenvalue weighted by Crippen LogP contribution is 2.15. The first kappa shape index (κ1) is 14.3. The molecule has 1 aromatic carbocycles. The molecule has 2 aromatic rings. The Kier molecular flexibility index (Phi) is 4.94. The average Bonchev–Trinajstić information content (AvgIpc) is 2.89. The topological polar surface area (TPSA) is 55.1 Å². The van der Waals surface area contributed by atoms with Crippen molar-refractivity contribution in [2.45, 2.75) is 13.5 Å². The molecule has 0 aliphatic heterocycles. The second-order valence-electron chi connectivity index (χ2n) is 4.32. The highest BCUT2D eigenvalue weighted by atomic mass is 32.1. The quantitative estimate of drug-likeness (QED) is 0.850. The maximum Gasteiger partial charge on any atom is 0.261 e. The van der Waals surface area contributed by atoms with E-state index in [0.29, 0.717) is 13.1 Å². The largest absolute Gasteiger partial charge is 0.347 e. The minimum absolute atomic E-state index is 0.0315. The fourth-order valence-electron chi connectivity index (χ4n) is 1.78. The molecule has 3 N–H and O–H groups in total. The molecule has 102 valence electrons. The van der Waals surface area contributed by atoms with Gasteiger partial charge in [-0.3, -0.25) is 4.79 Å². The van der Waals surface area contributed by atoms with Crippen LogP contribution in [-0.4, -0.2) is 12.5 Å². The summed E-state index contributed by atoms with van der Waals surface area (Å²) in [6, 6.07) is 9.73. The molecule has 0 aliphatic carbocycles. The van der Waals surface area contributed by atoms with Gasteiger partial charge in [-0.1, -0.05) is 24.0 Å². The summed E-state index contributed by atoms with van der Waals surface area (Å²) >= 11 is 1.46. The van der Waals surface area contributed by atoms with Crippen LogP contribution in [0.15, 0.2) is 35.7 Å². The molecule has 0 fully saturated rings. The predicted octanol–water partition coefficient (Wildman–Crippen LogP) is 2.30. The Bertz CT molecular complexity index is 664. The Balaban J connectivity index is 2.01. The van der Waals surface area contributed by atoms with Crippen molar-refractivity contribution in [1.82, 2.24) is 5.32 Å². The molecule has 4 heteroatoms. The van der Waals surface area contributed by atoms with Crippen molar-refractivity contribution in [2.75, 3.05) is 6.54 Å². The summed E-state index contributed by atoms with van der Waals surface area (Å²) in [5.41, 5.74) is 8.30. The molecule has 2 rings (SSSR count). The summed E-state index contributed by atoms with van der Waals surface area (Å²) in [7, 11) is 0. The van der Waals surface area contributed by atoms with Gasteiger partial charge >= 0.3 is 0 Å². The maximum atomic E-state index is 12.0. The molecule has 1 amide bonds. The number of carbonyl (C=O) groups excluding carboxylic acids is 1. The lowest BCUT2D eigenvalue weighted by atomic mass is 10.1. The zero-order valence-corrected chi connectivity index (χ0v) is 12.1. The number of nitrogens with two attached hydrogens (primary N) is 1. The van der Waals surface area contributed by atoms with Gasteiger partial charge in [0.25, 0.3) is 5.91 Å². The number of nitrogens with one attached hydrogen (secondary N) is 1. The van der Waals surface area contributed by atoms with Gasteiger partial charge in [-0.15, -0.1) is 11.3 Å². The molecule has 0 bridgehead atoms. The number of amides is 1. The normalized spacial score (nSPS) is 9.70. The minimum atomic E-state index is -0.0315. The fraction of sp³-hybridized carbons (Fsp3) is 0.188. The molecule has 20 heavy (non-hydrogen) atoms. The van der Waals surface area contributed by atoms with Crippen LogP contribution in [0.25, 0.3) is 0 Å². The molecule has 0 aliphatic rings. The van der Waals surface area contributed by atoms with Crippen LogP contribution in [0.4, 0.5) is 0 Å². The van der Waals surface area contributed by atoms with Crippen molar-refractivity contribution >= 4 is 17.2 Å². The third kappa shape index (κ3) is 3.70. The van der Waals surface area contributed by atoms with Gasteiger partial charge < -0.3 is 11.1 Å². The first-order chi connectivity index (χ1) is 9.70. The van der Waals surface area contributed by atoms with E-state index in [1.807, 2.05) is 42.6 Å². The Morgan fingerprint density at radius 3 is 2.95 bits per heavy atom. The second kappa shape index (κ2) is 6.90. The molecule has 0 unspecified atom stereocenters. The Hall–Kier alpha value is -2.09. The number of aryl methyl sites for hydroxylation is 1. The van der Waals surface area contributed by atoms with E-state index in [1.165, 1.54) is 11.3 Å². The molecular formula is C16H16N2OS. The molecular weight excluding hydrogens is 268 g/mol. The number of hydrogen-bond donors (Lipinski definition) is 2. The third-order valence-electron chi connectivity index (χ3n) is 2.78. The molecule has 0 spiro atoms. The van der Waals surface area contributed by atoms with E-state index in [1.54, 1.807) is 0 Å². The van der Waals surface area contributed by atoms with Crippen LogP contribution in [0, 0.1) is 18.8 Å². The smallest absolute Gasteiger partial charge is 0.261 e. The van der Waals surface area contributed by atoms with E-state index in [-0.39, 0.29) is 5.91 Å². The average molecular weight is 284 g/mol. The SMILES string of the molecule is Cc1ccsc1C(=O)NCc1cccc(C#CCN)c1. The maximum absolute atomic E-state index is 12.0. The van der Waals surface area contributed by atoms with Crippen LogP contribution in [0.3, 0.4) is 0 Å². The Morgan fingerprint density at radius 2 is 2.25 bits per heavy atom. The van der Waals surface area contributed by atoms with Gasteiger partial charge in [0.05, 0.1) is 11.4 Å². The second-order valence-corrected chi connectivity index (χ2v) is 5.24. The summed E-state index contributed by atoms with van der Waals surface area (Å²) in [5.74, 6) is 5.77. The van der Waals surface area contributed by atoms with Gasteiger partial charge in [0, 0.05) is 12.1 Å². The molecule has 1 aromatic heterocycles. The zero-order chi connectivity index (χ0) is 14.4. The number of thiophene rings is 1. The first-order valence-electron chi connectivity index (χ1n) is 6.31. The first-order valence-corrected chi connectivity index (χ1v) is 7.19. The van der Waals surface area contributed by atoms with Crippen LogP contribution in [-0.2, 0) is 6.54 Å². The number of benzene rings is 1. The highest BCUT2D eigenvalue weighted by molar-refractivity contribution is 7.12. The highest BCUT2D eigenvalue weighted by Gasteiger charge is 2.09. The van der Waals surface area contributed by atoms with Crippen molar-refractivity contribution in [3.05, 3.63) is 57.3 Å². The van der Waals surface area contributed by atoms with Crippen molar-refractivity contribution in [2.24, 2.45) is 5.73 Å². The lowest BCUT2D eigenvalue weighted by Crippen LogP contribution is -2.22. The monoisotopic (exact) mass is 284 g/mol. The van der Waals surface area contributed by atoms with Gasteiger partial charge in [-0.05, 0) is 41.6 Å². The number of carbonyl (C=O) groups is 1. The molecule has 3 nitrogen and oxygen atoms in total. The summed E-state index contributed by atoms with van der Waals surface area (Å²) in [4.78, 5) is 12.8.